The molecule has 2 aromatic heterocycles. The number of ether oxygens (including phenoxy) is 2. The summed E-state index contributed by atoms with van der Waals surface area (Å²) in [6, 6.07) is 17.3. The minimum atomic E-state index is -0.295. The van der Waals surface area contributed by atoms with Crippen molar-refractivity contribution in [2.75, 3.05) is 74.3 Å². The van der Waals surface area contributed by atoms with Crippen LogP contribution in [0.5, 0.6) is 11.5 Å². The van der Waals surface area contributed by atoms with Crippen molar-refractivity contribution < 1.29 is 14.3 Å². The van der Waals surface area contributed by atoms with Crippen LogP contribution < -0.4 is 30.3 Å². The van der Waals surface area contributed by atoms with Crippen LogP contribution in [0.2, 0.25) is 5.02 Å². The Bertz CT molecular complexity index is 1740. The van der Waals surface area contributed by atoms with Crippen LogP contribution in [0.25, 0.3) is 0 Å². The normalized spacial score (nSPS) is 15.8. The van der Waals surface area contributed by atoms with E-state index in [0.29, 0.717) is 52.3 Å². The molecular weight excluding hydrogens is 642 g/mol. The monoisotopic (exact) mass is 683 g/mol. The molecule has 0 unspecified atom stereocenters. The van der Waals surface area contributed by atoms with Crippen LogP contribution in [0, 0.1) is 0 Å². The van der Waals surface area contributed by atoms with Gasteiger partial charge in [-0.05, 0) is 81.5 Å². The standard InChI is InChI=1S/C36H42ClN9O3/c1-4-35(47)41-29-22-30(33(48-3)23-31(29)46-19-17-45(18-20-46)27-11-15-44(2)16-12-27)42-36-39-14-10-34(43-36)40-25-8-9-32(28(37)21-25)49-24-26-7-5-6-13-38-26/h4-10,13-14,21-23,27H,1,11-12,15-20,24H2,2-3H3,(H,41,47)(H2,39,40,42,43). The fourth-order valence-electron chi connectivity index (χ4n) is 6.16. The number of benzene rings is 2. The first kappa shape index (κ1) is 34.0. The van der Waals surface area contributed by atoms with E-state index < -0.39 is 0 Å². The van der Waals surface area contributed by atoms with Gasteiger partial charge in [-0.1, -0.05) is 24.2 Å². The number of amides is 1. The molecule has 1 amide bonds. The Balaban J connectivity index is 1.15. The molecule has 2 aliphatic heterocycles. The van der Waals surface area contributed by atoms with Gasteiger partial charge in [0.2, 0.25) is 11.9 Å². The molecule has 2 saturated heterocycles. The molecule has 2 aromatic carbocycles. The number of carbonyl (C=O) groups excluding carboxylic acids is 1. The number of carbonyl (C=O) groups is 1. The summed E-state index contributed by atoms with van der Waals surface area (Å²) in [5, 5.41) is 9.99. The van der Waals surface area contributed by atoms with Gasteiger partial charge in [0.1, 0.15) is 23.9 Å². The molecule has 12 nitrogen and oxygen atoms in total. The summed E-state index contributed by atoms with van der Waals surface area (Å²) in [7, 11) is 3.81. The summed E-state index contributed by atoms with van der Waals surface area (Å²) in [6.07, 6.45) is 7.04. The van der Waals surface area contributed by atoms with E-state index in [1.807, 2.05) is 36.4 Å². The Kier molecular flexibility index (Phi) is 11.1. The summed E-state index contributed by atoms with van der Waals surface area (Å²) < 4.78 is 11.7. The van der Waals surface area contributed by atoms with Gasteiger partial charge in [-0.25, -0.2) is 4.98 Å². The van der Waals surface area contributed by atoms with Gasteiger partial charge in [-0.3, -0.25) is 14.7 Å². The highest BCUT2D eigenvalue weighted by Gasteiger charge is 2.28. The molecule has 4 aromatic rings. The molecule has 0 atom stereocenters. The zero-order valence-electron chi connectivity index (χ0n) is 27.9. The van der Waals surface area contributed by atoms with E-state index in [-0.39, 0.29) is 5.91 Å². The molecule has 0 radical (unpaired) electrons. The van der Waals surface area contributed by atoms with Gasteiger partial charge >= 0.3 is 0 Å². The van der Waals surface area contributed by atoms with E-state index in [4.69, 9.17) is 21.1 Å². The Labute approximate surface area is 292 Å². The van der Waals surface area contributed by atoms with E-state index >= 15 is 0 Å². The van der Waals surface area contributed by atoms with Crippen LogP contribution in [0.1, 0.15) is 18.5 Å². The van der Waals surface area contributed by atoms with Crippen molar-refractivity contribution in [3.05, 3.63) is 90.4 Å². The molecule has 13 heteroatoms. The Morgan fingerprint density at radius 3 is 2.49 bits per heavy atom. The fourth-order valence-corrected chi connectivity index (χ4v) is 6.39. The van der Waals surface area contributed by atoms with Crippen molar-refractivity contribution in [1.29, 1.82) is 0 Å². The third-order valence-corrected chi connectivity index (χ3v) is 9.12. The molecule has 4 heterocycles. The van der Waals surface area contributed by atoms with E-state index in [2.05, 4.69) is 59.2 Å². The van der Waals surface area contributed by atoms with Crippen molar-refractivity contribution in [3.63, 3.8) is 0 Å². The van der Waals surface area contributed by atoms with E-state index in [1.54, 1.807) is 37.7 Å². The van der Waals surface area contributed by atoms with E-state index in [0.717, 1.165) is 56.3 Å². The molecule has 2 aliphatic rings. The maximum absolute atomic E-state index is 12.5. The number of piperidine rings is 1. The second kappa shape index (κ2) is 16.0. The number of nitrogens with zero attached hydrogens (tertiary/aromatic N) is 6. The molecular formula is C36H42ClN9O3. The molecule has 3 N–H and O–H groups in total. The molecule has 256 valence electrons. The first-order chi connectivity index (χ1) is 23.9. The zero-order chi connectivity index (χ0) is 34.2. The van der Waals surface area contributed by atoms with Crippen LogP contribution in [0.3, 0.4) is 0 Å². The number of halogens is 1. The van der Waals surface area contributed by atoms with Crippen molar-refractivity contribution in [2.45, 2.75) is 25.5 Å². The fraction of sp³-hybridized carbons (Fsp3) is 0.333. The van der Waals surface area contributed by atoms with Gasteiger partial charge in [0.15, 0.2) is 0 Å². The number of likely N-dealkylation sites (tertiary alicyclic amines) is 1. The number of hydrogen-bond acceptors (Lipinski definition) is 11. The molecule has 0 aliphatic carbocycles. The van der Waals surface area contributed by atoms with Crippen LogP contribution >= 0.6 is 11.6 Å². The van der Waals surface area contributed by atoms with Crippen molar-refractivity contribution in [2.24, 2.45) is 0 Å². The number of methoxy groups -OCH3 is 1. The van der Waals surface area contributed by atoms with Crippen LogP contribution in [0.4, 0.5) is 34.5 Å². The number of piperazine rings is 1. The Morgan fingerprint density at radius 2 is 1.78 bits per heavy atom. The number of nitrogens with one attached hydrogen (secondary N) is 3. The van der Waals surface area contributed by atoms with Crippen molar-refractivity contribution >= 4 is 52.0 Å². The third kappa shape index (κ3) is 8.77. The minimum absolute atomic E-state index is 0.295. The molecule has 49 heavy (non-hydrogen) atoms. The second-order valence-electron chi connectivity index (χ2n) is 12.1. The average Bonchev–Trinajstić information content (AvgIpc) is 3.12. The van der Waals surface area contributed by atoms with Gasteiger partial charge < -0.3 is 35.2 Å². The van der Waals surface area contributed by atoms with Gasteiger partial charge in [-0.2, -0.15) is 4.98 Å². The van der Waals surface area contributed by atoms with Crippen LogP contribution in [0.15, 0.2) is 79.6 Å². The van der Waals surface area contributed by atoms with E-state index in [1.165, 1.54) is 18.9 Å². The lowest BCUT2D eigenvalue weighted by Gasteiger charge is -2.43. The summed E-state index contributed by atoms with van der Waals surface area (Å²) in [4.78, 5) is 33.2. The largest absolute Gasteiger partial charge is 0.494 e. The van der Waals surface area contributed by atoms with E-state index in [9.17, 15) is 4.79 Å². The molecule has 0 saturated carbocycles. The van der Waals surface area contributed by atoms with Crippen molar-refractivity contribution in [3.8, 4) is 11.5 Å². The smallest absolute Gasteiger partial charge is 0.247 e. The van der Waals surface area contributed by atoms with Gasteiger partial charge in [-0.15, -0.1) is 0 Å². The van der Waals surface area contributed by atoms with Gasteiger partial charge in [0.05, 0.1) is 34.9 Å². The van der Waals surface area contributed by atoms with Crippen molar-refractivity contribution in [1.82, 2.24) is 24.8 Å². The van der Waals surface area contributed by atoms with Crippen LogP contribution in [-0.2, 0) is 11.4 Å². The zero-order valence-corrected chi connectivity index (χ0v) is 28.6. The van der Waals surface area contributed by atoms with Crippen LogP contribution in [-0.4, -0.2) is 90.1 Å². The summed E-state index contributed by atoms with van der Waals surface area (Å²) in [5.74, 6) is 1.74. The first-order valence-electron chi connectivity index (χ1n) is 16.4. The number of aromatic nitrogens is 3. The first-order valence-corrected chi connectivity index (χ1v) is 16.8. The highest BCUT2D eigenvalue weighted by molar-refractivity contribution is 6.32. The average molecular weight is 684 g/mol. The minimum Gasteiger partial charge on any atom is -0.494 e. The molecule has 6 rings (SSSR count). The van der Waals surface area contributed by atoms with Gasteiger partial charge in [0, 0.05) is 56.4 Å². The Morgan fingerprint density at radius 1 is 0.959 bits per heavy atom. The molecule has 0 bridgehead atoms. The summed E-state index contributed by atoms with van der Waals surface area (Å²) in [6.45, 7) is 9.86. The molecule has 0 spiro atoms. The topological polar surface area (TPSA) is 120 Å². The lowest BCUT2D eigenvalue weighted by Crippen LogP contribution is -2.53. The SMILES string of the molecule is C=CC(=O)Nc1cc(Nc2nccc(Nc3ccc(OCc4ccccn4)c(Cl)c3)n2)c(OC)cc1N1CCN(C2CCN(C)CC2)CC1. The third-order valence-electron chi connectivity index (χ3n) is 8.83. The number of anilines is 6. The highest BCUT2D eigenvalue weighted by atomic mass is 35.5. The lowest BCUT2D eigenvalue weighted by molar-refractivity contribution is -0.111. The Hall–Kier alpha value is -4.91. The second-order valence-corrected chi connectivity index (χ2v) is 12.5. The predicted molar refractivity (Wildman–Crippen MR) is 195 cm³/mol. The maximum atomic E-state index is 12.5. The lowest BCUT2D eigenvalue weighted by atomic mass is 10.0. The molecule has 2 fully saturated rings. The highest BCUT2D eigenvalue weighted by Crippen LogP contribution is 2.39. The number of pyridine rings is 1. The predicted octanol–water partition coefficient (Wildman–Crippen LogP) is 5.94. The summed E-state index contributed by atoms with van der Waals surface area (Å²) >= 11 is 6.52. The van der Waals surface area contributed by atoms with Gasteiger partial charge in [0.25, 0.3) is 0 Å². The quantitative estimate of drug-likeness (QED) is 0.154. The number of hydrogen-bond donors (Lipinski definition) is 3. The maximum Gasteiger partial charge on any atom is 0.247 e. The summed E-state index contributed by atoms with van der Waals surface area (Å²) in [5.41, 5.74) is 3.68. The number of rotatable bonds is 12.